The maximum Gasteiger partial charge on any atom is 0.405 e. The van der Waals surface area contributed by atoms with E-state index in [0.29, 0.717) is 0 Å². The van der Waals surface area contributed by atoms with Crippen LogP contribution in [-0.2, 0) is 4.74 Å². The van der Waals surface area contributed by atoms with Crippen molar-refractivity contribution in [3.63, 3.8) is 0 Å². The van der Waals surface area contributed by atoms with Gasteiger partial charge < -0.3 is 15.4 Å². The van der Waals surface area contributed by atoms with Crippen LogP contribution < -0.4 is 5.73 Å². The summed E-state index contributed by atoms with van der Waals surface area (Å²) in [6, 6.07) is 9.71. The molecule has 0 fully saturated rings. The number of hydrogen-bond donors (Lipinski definition) is 1. The van der Waals surface area contributed by atoms with Gasteiger partial charge in [0, 0.05) is 13.0 Å². The van der Waals surface area contributed by atoms with Crippen LogP contribution in [0.2, 0.25) is 0 Å². The molecule has 1 rings (SSSR count). The minimum atomic E-state index is -0.720. The molecule has 0 saturated carbocycles. The van der Waals surface area contributed by atoms with E-state index in [2.05, 4.69) is 18.9 Å². The van der Waals surface area contributed by atoms with Gasteiger partial charge in [-0.2, -0.15) is 0 Å². The van der Waals surface area contributed by atoms with E-state index in [1.54, 1.807) is 0 Å². The van der Waals surface area contributed by atoms with Crippen LogP contribution in [0.4, 0.5) is 4.79 Å². The van der Waals surface area contributed by atoms with E-state index in [1.807, 2.05) is 30.3 Å². The van der Waals surface area contributed by atoms with Crippen LogP contribution in [0.3, 0.4) is 0 Å². The van der Waals surface area contributed by atoms with Crippen LogP contribution >= 0.6 is 0 Å². The van der Waals surface area contributed by atoms with Gasteiger partial charge in [0.25, 0.3) is 0 Å². The second kappa shape index (κ2) is 7.71. The number of amides is 1. The number of benzene rings is 1. The van der Waals surface area contributed by atoms with E-state index in [0.717, 1.165) is 31.5 Å². The average molecular weight is 250 g/mol. The second-order valence-corrected chi connectivity index (χ2v) is 4.43. The lowest BCUT2D eigenvalue weighted by atomic mass is 10.1. The van der Waals surface area contributed by atoms with Crippen LogP contribution in [0.15, 0.2) is 30.3 Å². The fourth-order valence-corrected chi connectivity index (χ4v) is 1.93. The van der Waals surface area contributed by atoms with Crippen molar-refractivity contribution in [2.75, 3.05) is 20.1 Å². The maximum atomic E-state index is 10.9. The van der Waals surface area contributed by atoms with E-state index in [1.165, 1.54) is 0 Å². The van der Waals surface area contributed by atoms with Gasteiger partial charge in [-0.05, 0) is 25.6 Å². The number of carbonyl (C=O) groups excluding carboxylic acids is 1. The Kier molecular flexibility index (Phi) is 6.22. The largest absolute Gasteiger partial charge is 0.441 e. The van der Waals surface area contributed by atoms with Gasteiger partial charge in [-0.15, -0.1) is 0 Å². The van der Waals surface area contributed by atoms with Gasteiger partial charge in [0.15, 0.2) is 0 Å². The molecule has 0 aliphatic carbocycles. The normalized spacial score (nSPS) is 12.4. The molecule has 0 bridgehead atoms. The summed E-state index contributed by atoms with van der Waals surface area (Å²) in [4.78, 5) is 13.2. The highest BCUT2D eigenvalue weighted by Crippen LogP contribution is 2.21. The fraction of sp³-hybridized carbons (Fsp3) is 0.500. The first-order chi connectivity index (χ1) is 8.63. The minimum Gasteiger partial charge on any atom is -0.441 e. The lowest BCUT2D eigenvalue weighted by Gasteiger charge is -2.21. The molecule has 0 heterocycles. The number of hydrogen-bond acceptors (Lipinski definition) is 3. The van der Waals surface area contributed by atoms with Gasteiger partial charge in [-0.1, -0.05) is 37.3 Å². The maximum absolute atomic E-state index is 10.9. The third-order valence-corrected chi connectivity index (χ3v) is 2.81. The highest BCUT2D eigenvalue weighted by molar-refractivity contribution is 5.65. The van der Waals surface area contributed by atoms with Crippen LogP contribution in [0, 0.1) is 0 Å². The molecule has 1 aromatic rings. The summed E-state index contributed by atoms with van der Waals surface area (Å²) in [6.45, 7) is 4.06. The minimum absolute atomic E-state index is 0.261. The van der Waals surface area contributed by atoms with E-state index < -0.39 is 6.09 Å². The monoisotopic (exact) mass is 250 g/mol. The summed E-state index contributed by atoms with van der Waals surface area (Å²) in [5, 5.41) is 0. The van der Waals surface area contributed by atoms with Crippen molar-refractivity contribution < 1.29 is 9.53 Å². The molecule has 0 aliphatic rings. The average Bonchev–Trinajstić information content (AvgIpc) is 2.35. The van der Waals surface area contributed by atoms with Crippen molar-refractivity contribution in [1.29, 1.82) is 0 Å². The first kappa shape index (κ1) is 14.5. The van der Waals surface area contributed by atoms with Gasteiger partial charge in [0.1, 0.15) is 6.10 Å². The van der Waals surface area contributed by atoms with Crippen LogP contribution in [0.5, 0.6) is 0 Å². The Bertz CT molecular complexity index is 354. The van der Waals surface area contributed by atoms with Crippen molar-refractivity contribution in [1.82, 2.24) is 4.90 Å². The van der Waals surface area contributed by atoms with Gasteiger partial charge in [-0.25, -0.2) is 4.79 Å². The number of rotatable bonds is 7. The lowest BCUT2D eigenvalue weighted by molar-refractivity contribution is 0.0942. The second-order valence-electron chi connectivity index (χ2n) is 4.43. The highest BCUT2D eigenvalue weighted by Gasteiger charge is 2.15. The molecule has 4 heteroatoms. The smallest absolute Gasteiger partial charge is 0.405 e. The molecule has 1 unspecified atom stereocenters. The number of ether oxygens (including phenoxy) is 1. The zero-order valence-electron chi connectivity index (χ0n) is 11.1. The molecule has 0 spiro atoms. The molecular formula is C14H22N2O2. The molecule has 0 aliphatic heterocycles. The number of nitrogens with two attached hydrogens (primary N) is 1. The topological polar surface area (TPSA) is 55.6 Å². The molecule has 1 aromatic carbocycles. The molecule has 0 aromatic heterocycles. The summed E-state index contributed by atoms with van der Waals surface area (Å²) in [5.41, 5.74) is 6.11. The Morgan fingerprint density at radius 2 is 2.00 bits per heavy atom. The third-order valence-electron chi connectivity index (χ3n) is 2.81. The summed E-state index contributed by atoms with van der Waals surface area (Å²) < 4.78 is 5.18. The Morgan fingerprint density at radius 3 is 2.56 bits per heavy atom. The SMILES string of the molecule is CCCN(C)CCC(OC(N)=O)c1ccccc1. The molecule has 1 atom stereocenters. The van der Waals surface area contributed by atoms with Gasteiger partial charge in [0.2, 0.25) is 0 Å². The van der Waals surface area contributed by atoms with Crippen molar-refractivity contribution >= 4 is 6.09 Å². The third kappa shape index (κ3) is 5.19. The zero-order chi connectivity index (χ0) is 13.4. The first-order valence-corrected chi connectivity index (χ1v) is 6.33. The van der Waals surface area contributed by atoms with Gasteiger partial charge >= 0.3 is 6.09 Å². The predicted molar refractivity (Wildman–Crippen MR) is 72.3 cm³/mol. The molecule has 4 nitrogen and oxygen atoms in total. The Labute approximate surface area is 109 Å². The highest BCUT2D eigenvalue weighted by atomic mass is 16.6. The van der Waals surface area contributed by atoms with Crippen LogP contribution in [0.25, 0.3) is 0 Å². The molecule has 2 N–H and O–H groups in total. The Balaban J connectivity index is 2.59. The van der Waals surface area contributed by atoms with Crippen molar-refractivity contribution in [3.05, 3.63) is 35.9 Å². The van der Waals surface area contributed by atoms with Crippen molar-refractivity contribution in [2.24, 2.45) is 5.73 Å². The van der Waals surface area contributed by atoms with Crippen LogP contribution in [-0.4, -0.2) is 31.1 Å². The summed E-state index contributed by atoms with van der Waals surface area (Å²) in [6.07, 6.45) is 0.886. The van der Waals surface area contributed by atoms with Crippen molar-refractivity contribution in [3.8, 4) is 0 Å². The van der Waals surface area contributed by atoms with Gasteiger partial charge in [0.05, 0.1) is 0 Å². The predicted octanol–water partition coefficient (Wildman–Crippen LogP) is 2.55. The molecule has 0 saturated heterocycles. The Morgan fingerprint density at radius 1 is 1.33 bits per heavy atom. The lowest BCUT2D eigenvalue weighted by Crippen LogP contribution is -2.24. The molecule has 100 valence electrons. The fourth-order valence-electron chi connectivity index (χ4n) is 1.93. The Hall–Kier alpha value is -1.55. The quantitative estimate of drug-likeness (QED) is 0.809. The van der Waals surface area contributed by atoms with Crippen molar-refractivity contribution in [2.45, 2.75) is 25.9 Å². The summed E-state index contributed by atoms with van der Waals surface area (Å²) >= 11 is 0. The summed E-state index contributed by atoms with van der Waals surface area (Å²) in [5.74, 6) is 0. The number of nitrogens with zero attached hydrogens (tertiary/aromatic N) is 1. The molecular weight excluding hydrogens is 228 g/mol. The van der Waals surface area contributed by atoms with E-state index in [4.69, 9.17) is 10.5 Å². The molecule has 18 heavy (non-hydrogen) atoms. The van der Waals surface area contributed by atoms with E-state index >= 15 is 0 Å². The molecule has 1 amide bonds. The van der Waals surface area contributed by atoms with E-state index in [9.17, 15) is 4.79 Å². The van der Waals surface area contributed by atoms with E-state index in [-0.39, 0.29) is 6.10 Å². The number of carbonyl (C=O) groups is 1. The standard InChI is InChI=1S/C14H22N2O2/c1-3-10-16(2)11-9-13(18-14(15)17)12-7-5-4-6-8-12/h4-8,13H,3,9-11H2,1-2H3,(H2,15,17). The first-order valence-electron chi connectivity index (χ1n) is 6.33. The molecule has 0 radical (unpaired) electrons. The summed E-state index contributed by atoms with van der Waals surface area (Å²) in [7, 11) is 2.07. The van der Waals surface area contributed by atoms with Gasteiger partial charge in [-0.3, -0.25) is 0 Å². The van der Waals surface area contributed by atoms with Crippen LogP contribution in [0.1, 0.15) is 31.4 Å². The number of primary amides is 1. The zero-order valence-corrected chi connectivity index (χ0v) is 11.1.